The Balaban J connectivity index is 0.00000243. The van der Waals surface area contributed by atoms with Crippen molar-refractivity contribution in [1.82, 2.24) is 0 Å². The van der Waals surface area contributed by atoms with Gasteiger partial charge in [-0.1, -0.05) is 0 Å². The van der Waals surface area contributed by atoms with Crippen molar-refractivity contribution in [1.29, 1.82) is 0 Å². The van der Waals surface area contributed by atoms with Gasteiger partial charge >= 0.3 is 165 Å². The minimum Gasteiger partial charge on any atom is -1.00 e. The van der Waals surface area contributed by atoms with Crippen LogP contribution >= 0.6 is 0 Å². The first-order chi connectivity index (χ1) is 12.1. The number of hydrogen-bond donors (Lipinski definition) is 0. The van der Waals surface area contributed by atoms with Gasteiger partial charge in [0.2, 0.25) is 0 Å². The van der Waals surface area contributed by atoms with Crippen LogP contribution < -0.4 is 37.2 Å². The smallest absolute Gasteiger partial charge is 1.00 e. The van der Waals surface area contributed by atoms with E-state index in [1.54, 1.807) is 11.1 Å². The Labute approximate surface area is 200 Å². The number of hydrogen-bond acceptors (Lipinski definition) is 0. The molecule has 0 aliphatic heterocycles. The molecule has 0 bridgehead atoms. The van der Waals surface area contributed by atoms with Gasteiger partial charge in [-0.25, -0.2) is 0 Å². The van der Waals surface area contributed by atoms with Crippen LogP contribution in [0, 0.1) is 13.8 Å². The SMILES string of the molecule is CCCCC1=C(C(c2cccc(C)c2)c2cccc(C)c2)CC=[C]1[Ti+3].[Cl-].[Cl-].[Cl-]. The van der Waals surface area contributed by atoms with Crippen LogP contribution in [-0.4, -0.2) is 0 Å². The number of aryl methyl sites for hydroxylation is 2. The third kappa shape index (κ3) is 6.51. The van der Waals surface area contributed by atoms with Crippen LogP contribution in [-0.2, 0) is 20.4 Å². The molecule has 0 nitrogen and oxygen atoms in total. The standard InChI is InChI=1S/C24H27.3ClH.Ti/c1-4-5-11-20-12-8-15-23(20)24(21-13-6-9-18(2)16-21)22-14-7-10-19(3)17-22;;;;/h6-10,13-14,16-17,24H,4-5,11,15H2,1-3H3;3*1H;/q;;;;+3/p-3. The average Bonchev–Trinajstić information content (AvgIpc) is 2.94. The molecule has 2 aromatic rings. The Morgan fingerprint density at radius 2 is 1.43 bits per heavy atom. The summed E-state index contributed by atoms with van der Waals surface area (Å²) in [5.41, 5.74) is 8.76. The second-order valence-corrected chi connectivity index (χ2v) is 8.03. The third-order valence-electron chi connectivity index (χ3n) is 5.12. The zero-order chi connectivity index (χ0) is 17.8. The van der Waals surface area contributed by atoms with E-state index in [2.05, 4.69) is 95.8 Å². The van der Waals surface area contributed by atoms with Gasteiger partial charge in [-0.15, -0.1) is 0 Å². The second-order valence-electron chi connectivity index (χ2n) is 7.19. The summed E-state index contributed by atoms with van der Waals surface area (Å²) in [6, 6.07) is 18.1. The first kappa shape index (κ1) is 27.5. The van der Waals surface area contributed by atoms with Crippen molar-refractivity contribution < 1.29 is 57.7 Å². The van der Waals surface area contributed by atoms with Gasteiger partial charge in [-0.05, 0) is 0 Å². The number of halogens is 3. The van der Waals surface area contributed by atoms with Crippen LogP contribution in [0.25, 0.3) is 0 Å². The van der Waals surface area contributed by atoms with E-state index < -0.39 is 0 Å². The molecule has 0 N–H and O–H groups in total. The molecule has 1 aliphatic carbocycles. The molecule has 0 aromatic heterocycles. The molecule has 0 amide bonds. The first-order valence-electron chi connectivity index (χ1n) is 9.37. The fourth-order valence-electron chi connectivity index (χ4n) is 3.87. The van der Waals surface area contributed by atoms with Gasteiger partial charge in [0.05, 0.1) is 0 Å². The molecule has 4 heteroatoms. The van der Waals surface area contributed by atoms with E-state index in [-0.39, 0.29) is 37.2 Å². The van der Waals surface area contributed by atoms with E-state index in [1.165, 1.54) is 45.4 Å². The van der Waals surface area contributed by atoms with Gasteiger partial charge in [0.25, 0.3) is 0 Å². The Hall–Kier alpha value is -0.496. The van der Waals surface area contributed by atoms with Gasteiger partial charge in [-0.3, -0.25) is 0 Å². The number of benzene rings is 2. The summed E-state index contributed by atoms with van der Waals surface area (Å²) in [6.45, 7) is 6.68. The molecule has 0 radical (unpaired) electrons. The van der Waals surface area contributed by atoms with Crippen LogP contribution in [0.4, 0.5) is 0 Å². The minimum absolute atomic E-state index is 0. The topological polar surface area (TPSA) is 0 Å². The maximum atomic E-state index is 2.43. The average molecular weight is 470 g/mol. The Bertz CT molecular complexity index is 779. The van der Waals surface area contributed by atoms with Crippen LogP contribution in [0.3, 0.4) is 0 Å². The summed E-state index contributed by atoms with van der Waals surface area (Å²) in [5.74, 6) is 0.375. The predicted molar refractivity (Wildman–Crippen MR) is 103 cm³/mol. The van der Waals surface area contributed by atoms with E-state index in [4.69, 9.17) is 0 Å². The molecular weight excluding hydrogens is 442 g/mol. The van der Waals surface area contributed by atoms with Gasteiger partial charge in [0.1, 0.15) is 0 Å². The molecule has 1 aliphatic rings. The zero-order valence-electron chi connectivity index (χ0n) is 16.7. The molecule has 0 unspecified atom stereocenters. The first-order valence-corrected chi connectivity index (χ1v) is 10.2. The third-order valence-corrected chi connectivity index (χ3v) is 5.91. The van der Waals surface area contributed by atoms with Crippen molar-refractivity contribution in [2.75, 3.05) is 0 Å². The summed E-state index contributed by atoms with van der Waals surface area (Å²) in [7, 11) is 0. The molecule has 0 spiro atoms. The normalized spacial score (nSPS) is 12.9. The van der Waals surface area contributed by atoms with Crippen molar-refractivity contribution >= 4 is 0 Å². The van der Waals surface area contributed by atoms with Gasteiger partial charge in [-0.2, -0.15) is 0 Å². The molecule has 3 rings (SSSR count). The van der Waals surface area contributed by atoms with Gasteiger partial charge in [0, 0.05) is 0 Å². The van der Waals surface area contributed by atoms with Crippen molar-refractivity contribution in [3.05, 3.63) is 91.9 Å². The van der Waals surface area contributed by atoms with Crippen LogP contribution in [0.2, 0.25) is 0 Å². The number of allylic oxidation sites excluding steroid dienone is 4. The molecular formula is C24H27Cl3Ti. The summed E-state index contributed by atoms with van der Waals surface area (Å²) < 4.78 is 1.49. The van der Waals surface area contributed by atoms with E-state index in [9.17, 15) is 0 Å². The quantitative estimate of drug-likeness (QED) is 0.420. The molecule has 0 saturated heterocycles. The van der Waals surface area contributed by atoms with E-state index >= 15 is 0 Å². The molecule has 0 atom stereocenters. The van der Waals surface area contributed by atoms with Gasteiger partial charge in [0.15, 0.2) is 0 Å². The fourth-order valence-corrected chi connectivity index (χ4v) is 4.47. The monoisotopic (exact) mass is 468 g/mol. The van der Waals surface area contributed by atoms with E-state index in [0.717, 1.165) is 6.42 Å². The van der Waals surface area contributed by atoms with Crippen molar-refractivity contribution in [2.45, 2.75) is 52.4 Å². The maximum absolute atomic E-state index is 2.43. The Kier molecular flexibility index (Phi) is 12.7. The second kappa shape index (κ2) is 12.9. The van der Waals surface area contributed by atoms with Crippen molar-refractivity contribution in [2.24, 2.45) is 0 Å². The summed E-state index contributed by atoms with van der Waals surface area (Å²) >= 11 is 2.29. The fraction of sp³-hybridized carbons (Fsp3) is 0.333. The van der Waals surface area contributed by atoms with Crippen LogP contribution in [0.15, 0.2) is 69.6 Å². The molecule has 0 fully saturated rings. The molecule has 2 aromatic carbocycles. The summed E-state index contributed by atoms with van der Waals surface area (Å²) in [4.78, 5) is 0. The molecule has 0 saturated carbocycles. The summed E-state index contributed by atoms with van der Waals surface area (Å²) in [6.07, 6.45) is 7.26. The van der Waals surface area contributed by atoms with Crippen LogP contribution in [0.5, 0.6) is 0 Å². The predicted octanol–water partition coefficient (Wildman–Crippen LogP) is -2.23. The van der Waals surface area contributed by atoms with Crippen LogP contribution in [0.1, 0.15) is 60.8 Å². The largest absolute Gasteiger partial charge is 1.00 e. The van der Waals surface area contributed by atoms with E-state index in [0.29, 0.717) is 5.92 Å². The molecule has 0 heterocycles. The van der Waals surface area contributed by atoms with Crippen molar-refractivity contribution in [3.8, 4) is 0 Å². The Morgan fingerprint density at radius 3 is 1.89 bits per heavy atom. The summed E-state index contributed by atoms with van der Waals surface area (Å²) in [5, 5.41) is 0. The maximum Gasteiger partial charge on any atom is -1.00 e. The minimum atomic E-state index is 0. The number of rotatable bonds is 6. The zero-order valence-corrected chi connectivity index (χ0v) is 20.6. The van der Waals surface area contributed by atoms with Gasteiger partial charge < -0.3 is 37.2 Å². The Morgan fingerprint density at radius 1 is 0.893 bits per heavy atom. The molecule has 148 valence electrons. The van der Waals surface area contributed by atoms with Crippen molar-refractivity contribution in [3.63, 3.8) is 0 Å². The molecule has 28 heavy (non-hydrogen) atoms. The van der Waals surface area contributed by atoms with E-state index in [1.807, 2.05) is 0 Å². The number of unbranched alkanes of at least 4 members (excludes halogenated alkanes) is 1.